The van der Waals surface area contributed by atoms with Crippen LogP contribution in [0.4, 0.5) is 13.2 Å². The second-order valence-corrected chi connectivity index (χ2v) is 9.57. The number of aromatic nitrogens is 2. The van der Waals surface area contributed by atoms with Crippen molar-refractivity contribution in [1.82, 2.24) is 14.9 Å². The van der Waals surface area contributed by atoms with Gasteiger partial charge in [-0.05, 0) is 62.2 Å². The normalized spacial score (nSPS) is 24.9. The Morgan fingerprint density at radius 3 is 2.79 bits per heavy atom. The van der Waals surface area contributed by atoms with Crippen molar-refractivity contribution in [2.24, 2.45) is 0 Å². The van der Waals surface area contributed by atoms with E-state index in [1.54, 1.807) is 0 Å². The number of fused-ring (bicyclic) bond motifs is 2. The smallest absolute Gasteiger partial charge is 0.320 e. The number of halogens is 4. The minimum atomic E-state index is -0.882. The lowest BCUT2D eigenvalue weighted by atomic mass is 9.95. The number of benzene rings is 1. The molecule has 9 heteroatoms. The van der Waals surface area contributed by atoms with Crippen LogP contribution in [-0.2, 0) is 0 Å². The molecule has 0 spiro atoms. The third-order valence-corrected chi connectivity index (χ3v) is 6.13. The highest BCUT2D eigenvalue weighted by molar-refractivity contribution is 9.10. The Balaban J connectivity index is 1.71. The molecule has 3 heterocycles. The van der Waals surface area contributed by atoms with Gasteiger partial charge in [0.1, 0.15) is 29.7 Å². The van der Waals surface area contributed by atoms with E-state index >= 15 is 0 Å². The summed E-state index contributed by atoms with van der Waals surface area (Å²) in [6, 6.07) is 1.06. The van der Waals surface area contributed by atoms with Crippen molar-refractivity contribution in [1.29, 1.82) is 0 Å². The molecule has 2 atom stereocenters. The van der Waals surface area contributed by atoms with Gasteiger partial charge in [-0.15, -0.1) is 0 Å². The highest BCUT2D eigenvalue weighted by Crippen LogP contribution is 2.41. The molecule has 1 aromatic heterocycles. The highest BCUT2D eigenvalue weighted by Gasteiger charge is 2.49. The molecule has 2 aliphatic rings. The van der Waals surface area contributed by atoms with Crippen LogP contribution in [0.25, 0.3) is 10.9 Å². The van der Waals surface area contributed by atoms with E-state index in [0.717, 1.165) is 25.5 Å². The van der Waals surface area contributed by atoms with E-state index < -0.39 is 23.4 Å². The molecule has 5 nitrogen and oxygen atoms in total. The topological polar surface area (TPSA) is 47.5 Å². The van der Waals surface area contributed by atoms with Gasteiger partial charge in [-0.2, -0.15) is 9.97 Å². The van der Waals surface area contributed by atoms with E-state index in [2.05, 4.69) is 30.8 Å². The molecule has 0 amide bonds. The summed E-state index contributed by atoms with van der Waals surface area (Å²) in [4.78, 5) is 10.5. The first-order chi connectivity index (χ1) is 13.6. The van der Waals surface area contributed by atoms with Crippen LogP contribution < -0.4 is 9.47 Å². The SMILES string of the molecule is CC(C)(C)Oc1nc(OC[C@@]23CCCN2C[C@H](F)C3)nc2c(F)c(Br)c(F)cc12. The largest absolute Gasteiger partial charge is 0.471 e. The summed E-state index contributed by atoms with van der Waals surface area (Å²) in [5, 5.41) is 0.121. The van der Waals surface area contributed by atoms with Gasteiger partial charge in [0.25, 0.3) is 0 Å². The number of rotatable bonds is 4. The van der Waals surface area contributed by atoms with Gasteiger partial charge in [0, 0.05) is 13.0 Å². The van der Waals surface area contributed by atoms with E-state index in [1.807, 2.05) is 20.8 Å². The summed E-state index contributed by atoms with van der Waals surface area (Å²) < 4.78 is 54.1. The van der Waals surface area contributed by atoms with Crippen molar-refractivity contribution in [3.05, 3.63) is 22.2 Å². The van der Waals surface area contributed by atoms with Crippen molar-refractivity contribution in [3.8, 4) is 11.9 Å². The number of ether oxygens (including phenoxy) is 2. The standard InChI is InChI=1S/C20H23BrF3N3O2/c1-19(2,3)29-17-12-7-13(23)14(21)15(24)16(12)25-18(26-17)28-10-20-5-4-6-27(20)9-11(22)8-20/h7,11H,4-6,8-10H2,1-3H3/t11-,20+/m1/s1. The van der Waals surface area contributed by atoms with Crippen LogP contribution in [0, 0.1) is 11.6 Å². The summed E-state index contributed by atoms with van der Waals surface area (Å²) >= 11 is 2.91. The highest BCUT2D eigenvalue weighted by atomic mass is 79.9. The second kappa shape index (κ2) is 7.27. The van der Waals surface area contributed by atoms with E-state index in [4.69, 9.17) is 9.47 Å². The zero-order valence-corrected chi connectivity index (χ0v) is 18.2. The molecular formula is C20H23BrF3N3O2. The van der Waals surface area contributed by atoms with E-state index in [-0.39, 0.29) is 39.4 Å². The first kappa shape index (κ1) is 20.7. The Morgan fingerprint density at radius 1 is 1.31 bits per heavy atom. The van der Waals surface area contributed by atoms with E-state index in [1.165, 1.54) is 0 Å². The summed E-state index contributed by atoms with van der Waals surface area (Å²) in [7, 11) is 0. The molecule has 0 saturated carbocycles. The lowest BCUT2D eigenvalue weighted by Crippen LogP contribution is -2.43. The molecule has 4 rings (SSSR count). The van der Waals surface area contributed by atoms with Crippen molar-refractivity contribution in [2.45, 2.75) is 57.3 Å². The zero-order chi connectivity index (χ0) is 21.0. The number of hydrogen-bond donors (Lipinski definition) is 0. The van der Waals surface area contributed by atoms with Gasteiger partial charge in [-0.25, -0.2) is 13.2 Å². The molecule has 2 saturated heterocycles. The van der Waals surface area contributed by atoms with Crippen LogP contribution >= 0.6 is 15.9 Å². The van der Waals surface area contributed by atoms with Gasteiger partial charge in [-0.3, -0.25) is 4.90 Å². The first-order valence-corrected chi connectivity index (χ1v) is 10.4. The molecule has 2 aromatic rings. The van der Waals surface area contributed by atoms with Crippen LogP contribution in [0.2, 0.25) is 0 Å². The molecular weight excluding hydrogens is 451 g/mol. The molecule has 0 aliphatic carbocycles. The predicted octanol–water partition coefficient (Wildman–Crippen LogP) is 4.80. The Kier molecular flexibility index (Phi) is 5.17. The maximum absolute atomic E-state index is 14.7. The summed E-state index contributed by atoms with van der Waals surface area (Å²) in [6.45, 7) is 6.87. The Labute approximate surface area is 175 Å². The number of hydrogen-bond acceptors (Lipinski definition) is 5. The first-order valence-electron chi connectivity index (χ1n) is 9.64. The van der Waals surface area contributed by atoms with Gasteiger partial charge < -0.3 is 9.47 Å². The molecule has 0 bridgehead atoms. The monoisotopic (exact) mass is 473 g/mol. The average Bonchev–Trinajstić information content (AvgIpc) is 3.13. The van der Waals surface area contributed by atoms with Crippen molar-refractivity contribution in [3.63, 3.8) is 0 Å². The van der Waals surface area contributed by atoms with Crippen molar-refractivity contribution in [2.75, 3.05) is 19.7 Å². The average molecular weight is 474 g/mol. The van der Waals surface area contributed by atoms with E-state index in [9.17, 15) is 13.2 Å². The van der Waals surface area contributed by atoms with Gasteiger partial charge in [0.15, 0.2) is 5.82 Å². The molecule has 158 valence electrons. The molecule has 2 aliphatic heterocycles. The fourth-order valence-electron chi connectivity index (χ4n) is 4.21. The quantitative estimate of drug-likeness (QED) is 0.596. The molecule has 0 radical (unpaired) electrons. The van der Waals surface area contributed by atoms with Crippen LogP contribution in [0.1, 0.15) is 40.0 Å². The minimum Gasteiger partial charge on any atom is -0.471 e. The third-order valence-electron chi connectivity index (χ3n) is 5.41. The fraction of sp³-hybridized carbons (Fsp3) is 0.600. The predicted molar refractivity (Wildman–Crippen MR) is 106 cm³/mol. The Bertz CT molecular complexity index is 953. The summed E-state index contributed by atoms with van der Waals surface area (Å²) in [6.07, 6.45) is 1.33. The summed E-state index contributed by atoms with van der Waals surface area (Å²) in [5.74, 6) is -1.58. The number of nitrogens with zero attached hydrogens (tertiary/aromatic N) is 3. The Hall–Kier alpha value is -1.61. The third kappa shape index (κ3) is 3.91. The van der Waals surface area contributed by atoms with Gasteiger partial charge in [0.2, 0.25) is 5.88 Å². The maximum atomic E-state index is 14.7. The minimum absolute atomic E-state index is 0.0402. The molecule has 1 aromatic carbocycles. The fourth-order valence-corrected chi connectivity index (χ4v) is 4.51. The maximum Gasteiger partial charge on any atom is 0.320 e. The Morgan fingerprint density at radius 2 is 2.07 bits per heavy atom. The van der Waals surface area contributed by atoms with Crippen LogP contribution in [-0.4, -0.2) is 51.9 Å². The number of alkyl halides is 1. The molecule has 0 unspecified atom stereocenters. The van der Waals surface area contributed by atoms with Crippen LogP contribution in [0.3, 0.4) is 0 Å². The lowest BCUT2D eigenvalue weighted by Gasteiger charge is -2.31. The van der Waals surface area contributed by atoms with Crippen LogP contribution in [0.15, 0.2) is 10.5 Å². The van der Waals surface area contributed by atoms with Gasteiger partial charge >= 0.3 is 6.01 Å². The summed E-state index contributed by atoms with van der Waals surface area (Å²) in [5.41, 5.74) is -1.13. The van der Waals surface area contributed by atoms with E-state index in [0.29, 0.717) is 13.0 Å². The van der Waals surface area contributed by atoms with Gasteiger partial charge in [0.05, 0.1) is 15.4 Å². The van der Waals surface area contributed by atoms with Crippen molar-refractivity contribution >= 4 is 26.8 Å². The zero-order valence-electron chi connectivity index (χ0n) is 16.6. The van der Waals surface area contributed by atoms with Crippen molar-refractivity contribution < 1.29 is 22.6 Å². The molecule has 2 fully saturated rings. The van der Waals surface area contributed by atoms with Gasteiger partial charge in [-0.1, -0.05) is 0 Å². The lowest BCUT2D eigenvalue weighted by molar-refractivity contribution is 0.102. The molecule has 0 N–H and O–H groups in total. The second-order valence-electron chi connectivity index (χ2n) is 8.77. The van der Waals surface area contributed by atoms with Crippen LogP contribution in [0.5, 0.6) is 11.9 Å². The molecule has 29 heavy (non-hydrogen) atoms.